The van der Waals surface area contributed by atoms with Crippen molar-refractivity contribution < 1.29 is 30.7 Å². The molecule has 0 aliphatic rings. The first-order valence-corrected chi connectivity index (χ1v) is 7.93. The lowest BCUT2D eigenvalue weighted by Gasteiger charge is -2.15. The number of nitrogens with zero attached hydrogens (tertiary/aromatic N) is 2. The van der Waals surface area contributed by atoms with Gasteiger partial charge in [-0.05, 0) is 17.7 Å². The molecule has 0 aliphatic carbocycles. The molecule has 3 aromatic rings. The van der Waals surface area contributed by atoms with Gasteiger partial charge in [0.1, 0.15) is 17.5 Å². The summed E-state index contributed by atoms with van der Waals surface area (Å²) in [4.78, 5) is 14.8. The van der Waals surface area contributed by atoms with Crippen LogP contribution < -0.4 is 10.9 Å². The van der Waals surface area contributed by atoms with Gasteiger partial charge in [-0.15, -0.1) is 0 Å². The van der Waals surface area contributed by atoms with E-state index in [9.17, 15) is 35.5 Å². The van der Waals surface area contributed by atoms with Crippen LogP contribution in [0.5, 0.6) is 0 Å². The Balaban J connectivity index is 1.94. The van der Waals surface area contributed by atoms with E-state index in [1.807, 2.05) is 0 Å². The Morgan fingerprint density at radius 3 is 2.00 bits per heavy atom. The maximum atomic E-state index is 13.7. The molecule has 4 nitrogen and oxygen atoms in total. The molecule has 29 heavy (non-hydrogen) atoms. The molecule has 0 amide bonds. The Morgan fingerprint density at radius 2 is 1.41 bits per heavy atom. The van der Waals surface area contributed by atoms with Gasteiger partial charge in [-0.3, -0.25) is 4.79 Å². The van der Waals surface area contributed by atoms with E-state index in [4.69, 9.17) is 0 Å². The van der Waals surface area contributed by atoms with Crippen LogP contribution in [0.4, 0.5) is 36.7 Å². The van der Waals surface area contributed by atoms with Gasteiger partial charge in [0.05, 0.1) is 6.54 Å². The predicted molar refractivity (Wildman–Crippen MR) is 87.5 cm³/mol. The largest absolute Gasteiger partial charge is 0.351 e. The molecule has 0 radical (unpaired) electrons. The van der Waals surface area contributed by atoms with E-state index in [0.29, 0.717) is 30.5 Å². The van der Waals surface area contributed by atoms with Crippen LogP contribution in [0.1, 0.15) is 11.1 Å². The summed E-state index contributed by atoms with van der Waals surface area (Å²) in [6.07, 6.45) is 0.647. The highest BCUT2D eigenvalue weighted by atomic mass is 19.2. The van der Waals surface area contributed by atoms with Crippen LogP contribution in [0, 0.1) is 40.7 Å². The summed E-state index contributed by atoms with van der Waals surface area (Å²) in [6.45, 7) is -1.07. The minimum Gasteiger partial charge on any atom is -0.351 e. The normalized spacial score (nSPS) is 11.0. The fourth-order valence-corrected chi connectivity index (χ4v) is 2.53. The smallest absolute Gasteiger partial charge is 0.310 e. The molecule has 0 saturated heterocycles. The molecule has 1 aromatic heterocycles. The van der Waals surface area contributed by atoms with Crippen LogP contribution in [-0.4, -0.2) is 9.55 Å². The van der Waals surface area contributed by atoms with Gasteiger partial charge in [0.15, 0.2) is 17.5 Å². The molecule has 11 heteroatoms. The predicted octanol–water partition coefficient (Wildman–Crippen LogP) is 3.88. The third kappa shape index (κ3) is 4.39. The number of nitrogens with one attached hydrogen (secondary N) is 1. The van der Waals surface area contributed by atoms with Crippen molar-refractivity contribution in [2.24, 2.45) is 0 Å². The van der Waals surface area contributed by atoms with E-state index in [1.165, 1.54) is 0 Å². The van der Waals surface area contributed by atoms with Crippen molar-refractivity contribution >= 4 is 5.95 Å². The first-order chi connectivity index (χ1) is 13.7. The Kier molecular flexibility index (Phi) is 5.57. The van der Waals surface area contributed by atoms with Crippen LogP contribution in [0.25, 0.3) is 0 Å². The summed E-state index contributed by atoms with van der Waals surface area (Å²) in [5.74, 6) is -9.94. The number of rotatable bonds is 5. The standard InChI is InChI=1S/C18H10F7N3O/c19-9-3-11(20)10(12(21)4-9)5-26-18-27-17(29)15(24)7-28(18)6-8-1-13(22)16(25)14(23)2-8/h1-4,7H,5-6H2,(H,26,27,29). The summed E-state index contributed by atoms with van der Waals surface area (Å²) in [5.41, 5.74) is -2.04. The monoisotopic (exact) mass is 417 g/mol. The highest BCUT2D eigenvalue weighted by Gasteiger charge is 2.16. The second-order valence-electron chi connectivity index (χ2n) is 5.92. The van der Waals surface area contributed by atoms with E-state index in [0.717, 1.165) is 4.57 Å². The van der Waals surface area contributed by atoms with Gasteiger partial charge in [0.2, 0.25) is 11.8 Å². The number of hydrogen-bond acceptors (Lipinski definition) is 3. The molecular formula is C18H10F7N3O. The molecule has 0 bridgehead atoms. The van der Waals surface area contributed by atoms with Gasteiger partial charge in [0, 0.05) is 30.4 Å². The molecule has 3 rings (SSSR count). The molecule has 0 fully saturated rings. The molecule has 1 heterocycles. The van der Waals surface area contributed by atoms with Gasteiger partial charge in [-0.25, -0.2) is 26.3 Å². The molecule has 0 saturated carbocycles. The third-order valence-corrected chi connectivity index (χ3v) is 3.88. The molecule has 0 atom stereocenters. The lowest BCUT2D eigenvalue weighted by molar-refractivity contribution is 0.444. The van der Waals surface area contributed by atoms with E-state index < -0.39 is 70.9 Å². The van der Waals surface area contributed by atoms with E-state index in [-0.39, 0.29) is 5.56 Å². The number of anilines is 1. The van der Waals surface area contributed by atoms with Gasteiger partial charge >= 0.3 is 5.56 Å². The molecule has 1 N–H and O–H groups in total. The molecule has 152 valence electrons. The lowest BCUT2D eigenvalue weighted by atomic mass is 10.2. The van der Waals surface area contributed by atoms with E-state index >= 15 is 0 Å². The first kappa shape index (κ1) is 20.4. The Labute approximate surface area is 158 Å². The number of aromatic nitrogens is 2. The van der Waals surface area contributed by atoms with Crippen molar-refractivity contribution in [3.63, 3.8) is 0 Å². The SMILES string of the molecule is O=c1nc(NCc2c(F)cc(F)cc2F)n(Cc2cc(F)c(F)c(F)c2)cc1F. The van der Waals surface area contributed by atoms with E-state index in [2.05, 4.69) is 10.3 Å². The van der Waals surface area contributed by atoms with Gasteiger partial charge in [-0.1, -0.05) is 0 Å². The zero-order valence-electron chi connectivity index (χ0n) is 14.2. The van der Waals surface area contributed by atoms with E-state index in [1.54, 1.807) is 0 Å². The topological polar surface area (TPSA) is 46.9 Å². The average Bonchev–Trinajstić information content (AvgIpc) is 2.62. The van der Waals surface area contributed by atoms with Crippen LogP contribution >= 0.6 is 0 Å². The van der Waals surface area contributed by atoms with Crippen LogP contribution in [0.15, 0.2) is 35.3 Å². The van der Waals surface area contributed by atoms with Crippen LogP contribution in [-0.2, 0) is 13.1 Å². The van der Waals surface area contributed by atoms with Crippen LogP contribution in [0.3, 0.4) is 0 Å². The third-order valence-electron chi connectivity index (χ3n) is 3.88. The Bertz CT molecular complexity index is 1100. The number of halogens is 7. The van der Waals surface area contributed by atoms with Crippen molar-refractivity contribution in [2.75, 3.05) is 5.32 Å². The summed E-state index contributed by atoms with van der Waals surface area (Å²) >= 11 is 0. The lowest BCUT2D eigenvalue weighted by Crippen LogP contribution is -2.22. The molecule has 2 aromatic carbocycles. The zero-order valence-corrected chi connectivity index (χ0v) is 14.2. The molecular weight excluding hydrogens is 407 g/mol. The van der Waals surface area contributed by atoms with Gasteiger partial charge in [-0.2, -0.15) is 9.37 Å². The zero-order chi connectivity index (χ0) is 21.3. The fourth-order valence-electron chi connectivity index (χ4n) is 2.53. The fraction of sp³-hybridized carbons (Fsp3) is 0.111. The Hall–Kier alpha value is -3.37. The summed E-state index contributed by atoms with van der Waals surface area (Å²) in [5, 5.41) is 2.38. The highest BCUT2D eigenvalue weighted by molar-refractivity contribution is 5.32. The highest BCUT2D eigenvalue weighted by Crippen LogP contribution is 2.18. The number of hydrogen-bond donors (Lipinski definition) is 1. The number of benzene rings is 2. The maximum Gasteiger partial charge on any atom is 0.310 e. The first-order valence-electron chi connectivity index (χ1n) is 7.93. The Morgan fingerprint density at radius 1 is 0.828 bits per heavy atom. The van der Waals surface area contributed by atoms with Gasteiger partial charge in [0.25, 0.3) is 0 Å². The maximum absolute atomic E-state index is 13.7. The van der Waals surface area contributed by atoms with Crippen molar-refractivity contribution in [1.82, 2.24) is 9.55 Å². The molecule has 0 unspecified atom stereocenters. The second kappa shape index (κ2) is 7.94. The van der Waals surface area contributed by atoms with Crippen molar-refractivity contribution in [2.45, 2.75) is 13.1 Å². The van der Waals surface area contributed by atoms with Crippen LogP contribution in [0.2, 0.25) is 0 Å². The van der Waals surface area contributed by atoms with Gasteiger partial charge < -0.3 is 9.88 Å². The minimum absolute atomic E-state index is 0.145. The average molecular weight is 417 g/mol. The minimum atomic E-state index is -1.70. The second-order valence-corrected chi connectivity index (χ2v) is 5.92. The molecule has 0 spiro atoms. The summed E-state index contributed by atoms with van der Waals surface area (Å²) < 4.78 is 94.8. The molecule has 0 aliphatic heterocycles. The van der Waals surface area contributed by atoms with Crippen molar-refractivity contribution in [3.05, 3.63) is 92.7 Å². The van der Waals surface area contributed by atoms with Crippen molar-refractivity contribution in [1.29, 1.82) is 0 Å². The summed E-state index contributed by atoms with van der Waals surface area (Å²) in [7, 11) is 0. The quantitative estimate of drug-likeness (QED) is 0.507. The van der Waals surface area contributed by atoms with Crippen molar-refractivity contribution in [3.8, 4) is 0 Å². The summed E-state index contributed by atoms with van der Waals surface area (Å²) in [6, 6.07) is 2.18.